The minimum Gasteiger partial charge on any atom is -0.387 e. The maximum Gasteiger partial charge on any atom is 0.669 e. The number of halogens is 1. The van der Waals surface area contributed by atoms with Gasteiger partial charge in [-0.25, -0.2) is 9.63 Å². The molecule has 3 rings (SSSR count). The first-order chi connectivity index (χ1) is 13.3. The van der Waals surface area contributed by atoms with E-state index in [1.165, 1.54) is 12.1 Å². The van der Waals surface area contributed by atoms with E-state index in [0.29, 0.717) is 0 Å². The largest absolute Gasteiger partial charge is 0.669 e. The van der Waals surface area contributed by atoms with Gasteiger partial charge in [0.15, 0.2) is 6.23 Å². The molecule has 0 saturated carbocycles. The molecule has 1 saturated heterocycles. The number of ether oxygens (including phenoxy) is 1. The van der Waals surface area contributed by atoms with E-state index in [-0.39, 0.29) is 12.3 Å². The fourth-order valence-corrected chi connectivity index (χ4v) is 3.42. The Morgan fingerprint density at radius 3 is 2.50 bits per heavy atom. The molecule has 0 bridgehead atoms. The van der Waals surface area contributed by atoms with Crippen LogP contribution in [-0.4, -0.2) is 49.6 Å². The molecule has 3 unspecified atom stereocenters. The smallest absolute Gasteiger partial charge is 0.387 e. The lowest BCUT2D eigenvalue weighted by atomic mass is 10.1. The molecular formula is C15H16BrN3O8P+. The highest BCUT2D eigenvalue weighted by molar-refractivity contribution is 9.10. The molecule has 2 aromatic rings. The van der Waals surface area contributed by atoms with E-state index < -0.39 is 44.0 Å². The summed E-state index contributed by atoms with van der Waals surface area (Å²) in [4.78, 5) is 40.6. The summed E-state index contributed by atoms with van der Waals surface area (Å²) in [5.41, 5.74) is -1.15. The van der Waals surface area contributed by atoms with Gasteiger partial charge in [-0.2, -0.15) is 0 Å². The molecule has 0 amide bonds. The van der Waals surface area contributed by atoms with Crippen molar-refractivity contribution >= 4 is 29.8 Å². The van der Waals surface area contributed by atoms with Crippen molar-refractivity contribution in [3.63, 3.8) is 0 Å². The molecule has 1 fully saturated rings. The van der Waals surface area contributed by atoms with Crippen LogP contribution in [0.15, 0.2) is 50.6 Å². The molecule has 28 heavy (non-hydrogen) atoms. The van der Waals surface area contributed by atoms with Gasteiger partial charge in [0.05, 0.1) is 0 Å². The van der Waals surface area contributed by atoms with Gasteiger partial charge in [-0.1, -0.05) is 15.9 Å². The molecule has 1 aliphatic rings. The van der Waals surface area contributed by atoms with E-state index in [4.69, 9.17) is 9.57 Å². The van der Waals surface area contributed by atoms with Crippen molar-refractivity contribution in [1.82, 2.24) is 9.55 Å². The molecule has 1 aromatic heterocycles. The average molecular weight is 477 g/mol. The Hall–Kier alpha value is -1.92. The number of nitrogens with zero attached hydrogens (tertiary/aromatic N) is 2. The van der Waals surface area contributed by atoms with Crippen LogP contribution in [-0.2, 0) is 14.1 Å². The summed E-state index contributed by atoms with van der Waals surface area (Å²) < 4.78 is 18.8. The van der Waals surface area contributed by atoms with Gasteiger partial charge in [0, 0.05) is 21.3 Å². The number of aromatic amines is 1. The van der Waals surface area contributed by atoms with E-state index in [9.17, 15) is 29.3 Å². The van der Waals surface area contributed by atoms with Crippen LogP contribution in [0.4, 0.5) is 5.69 Å². The van der Waals surface area contributed by atoms with Crippen molar-refractivity contribution in [2.45, 2.75) is 24.5 Å². The molecular weight excluding hydrogens is 461 g/mol. The fourth-order valence-electron chi connectivity index (χ4n) is 2.66. The Morgan fingerprint density at radius 1 is 1.21 bits per heavy atom. The quantitative estimate of drug-likeness (QED) is 0.333. The monoisotopic (exact) mass is 476 g/mol. The third kappa shape index (κ3) is 4.39. The Kier molecular flexibility index (Phi) is 6.40. The highest BCUT2D eigenvalue weighted by Gasteiger charge is 2.45. The van der Waals surface area contributed by atoms with Crippen LogP contribution in [0.25, 0.3) is 0 Å². The SMILES string of the molecule is O=c1ccn([C@H]2O[C@@H](CON(c3ccc(Br)cc3)[P+](=O)O)C(O)C2O)c(=O)[nH]1. The number of H-pyrrole nitrogens is 1. The summed E-state index contributed by atoms with van der Waals surface area (Å²) >= 11 is 3.25. The molecule has 5 atom stereocenters. The van der Waals surface area contributed by atoms with Crippen LogP contribution in [0.2, 0.25) is 0 Å². The topological polar surface area (TPSA) is 154 Å². The fraction of sp³-hybridized carbons (Fsp3) is 0.333. The van der Waals surface area contributed by atoms with Crippen molar-refractivity contribution in [3.8, 4) is 0 Å². The maximum absolute atomic E-state index is 11.9. The molecule has 2 heterocycles. The van der Waals surface area contributed by atoms with E-state index >= 15 is 0 Å². The van der Waals surface area contributed by atoms with Crippen LogP contribution in [0.5, 0.6) is 0 Å². The van der Waals surface area contributed by atoms with Crippen molar-refractivity contribution < 1.29 is 29.2 Å². The summed E-state index contributed by atoms with van der Waals surface area (Å²) in [5.74, 6) is 0. The number of rotatable bonds is 6. The number of aliphatic hydroxyl groups excluding tert-OH is 2. The van der Waals surface area contributed by atoms with Crippen molar-refractivity contribution in [2.24, 2.45) is 0 Å². The molecule has 150 valence electrons. The van der Waals surface area contributed by atoms with E-state index in [2.05, 4.69) is 15.9 Å². The van der Waals surface area contributed by atoms with Crippen LogP contribution >= 0.6 is 24.1 Å². The lowest BCUT2D eigenvalue weighted by Gasteiger charge is -2.17. The summed E-state index contributed by atoms with van der Waals surface area (Å²) in [5, 5.41) is 20.4. The van der Waals surface area contributed by atoms with E-state index in [1.54, 1.807) is 12.1 Å². The van der Waals surface area contributed by atoms with Gasteiger partial charge in [0.25, 0.3) is 5.56 Å². The van der Waals surface area contributed by atoms with E-state index in [0.717, 1.165) is 26.1 Å². The Balaban J connectivity index is 1.73. The Labute approximate surface area is 166 Å². The summed E-state index contributed by atoms with van der Waals surface area (Å²) in [6, 6.07) is 7.44. The maximum atomic E-state index is 11.9. The molecule has 1 aliphatic heterocycles. The van der Waals surface area contributed by atoms with Gasteiger partial charge < -0.3 is 14.9 Å². The van der Waals surface area contributed by atoms with Crippen molar-refractivity contribution in [3.05, 3.63) is 61.8 Å². The lowest BCUT2D eigenvalue weighted by Crippen LogP contribution is -2.38. The number of aliphatic hydroxyl groups is 2. The highest BCUT2D eigenvalue weighted by atomic mass is 79.9. The number of anilines is 1. The lowest BCUT2D eigenvalue weighted by molar-refractivity contribution is -0.0670. The van der Waals surface area contributed by atoms with Gasteiger partial charge in [-0.05, 0) is 29.1 Å². The third-order valence-corrected chi connectivity index (χ3v) is 5.21. The predicted octanol–water partition coefficient (Wildman–Crippen LogP) is 0.00620. The number of benzene rings is 1. The zero-order valence-electron chi connectivity index (χ0n) is 14.1. The van der Waals surface area contributed by atoms with Crippen LogP contribution in [0.3, 0.4) is 0 Å². The normalized spacial score (nSPS) is 24.9. The molecule has 13 heteroatoms. The Morgan fingerprint density at radius 2 is 1.89 bits per heavy atom. The minimum absolute atomic E-state index is 0.285. The second kappa shape index (κ2) is 8.62. The van der Waals surface area contributed by atoms with Crippen molar-refractivity contribution in [2.75, 3.05) is 11.4 Å². The average Bonchev–Trinajstić information content (AvgIpc) is 2.91. The first-order valence-electron chi connectivity index (χ1n) is 7.95. The van der Waals surface area contributed by atoms with Crippen LogP contribution in [0, 0.1) is 0 Å². The molecule has 11 nitrogen and oxygen atoms in total. The zero-order chi connectivity index (χ0) is 20.4. The highest BCUT2D eigenvalue weighted by Crippen LogP contribution is 2.33. The molecule has 0 spiro atoms. The number of nitrogens with one attached hydrogen (secondary N) is 1. The number of hydrogen-bond donors (Lipinski definition) is 4. The second-order valence-corrected chi connectivity index (χ2v) is 7.65. The second-order valence-electron chi connectivity index (χ2n) is 5.86. The van der Waals surface area contributed by atoms with Gasteiger partial charge in [-0.3, -0.25) is 14.3 Å². The Bertz CT molecular complexity index is 965. The summed E-state index contributed by atoms with van der Waals surface area (Å²) in [6.45, 7) is -0.384. The standard InChI is InChI=1S/C15H15BrN3O8P/c16-8-1-3-9(4-2-8)19(28(24)25)26-7-10-12(21)13(22)14(27-10)18-6-5-11(20)17-15(18)23/h1-6,10,12-14,21-22H,7H2,(H-,17,20,23,24,25)/p+1/t10-,12?,13?,14-/m0/s1. The van der Waals surface area contributed by atoms with Crippen molar-refractivity contribution in [1.29, 1.82) is 0 Å². The molecule has 0 radical (unpaired) electrons. The molecule has 0 aliphatic carbocycles. The first kappa shape index (κ1) is 20.8. The summed E-state index contributed by atoms with van der Waals surface area (Å²) in [6.07, 6.45) is -4.17. The minimum atomic E-state index is -2.91. The third-order valence-electron chi connectivity index (χ3n) is 4.03. The first-order valence-corrected chi connectivity index (χ1v) is 9.91. The predicted molar refractivity (Wildman–Crippen MR) is 99.6 cm³/mol. The van der Waals surface area contributed by atoms with E-state index in [1.807, 2.05) is 4.98 Å². The summed E-state index contributed by atoms with van der Waals surface area (Å²) in [7, 11) is -2.91. The van der Waals surface area contributed by atoms with Gasteiger partial charge in [-0.15, -0.1) is 4.89 Å². The number of hydrogen-bond acceptors (Lipinski definition) is 7. The van der Waals surface area contributed by atoms with Gasteiger partial charge in [0.2, 0.25) is 0 Å². The number of aromatic nitrogens is 2. The molecule has 1 aromatic carbocycles. The molecule has 4 N–H and O–H groups in total. The van der Waals surface area contributed by atoms with Gasteiger partial charge >= 0.3 is 13.9 Å². The zero-order valence-corrected chi connectivity index (χ0v) is 16.6. The van der Waals surface area contributed by atoms with Crippen LogP contribution < -0.4 is 16.1 Å². The van der Waals surface area contributed by atoms with Gasteiger partial charge in [0.1, 0.15) is 30.6 Å². The van der Waals surface area contributed by atoms with Crippen LogP contribution in [0.1, 0.15) is 6.23 Å².